The normalized spacial score (nSPS) is 11.0. The highest BCUT2D eigenvalue weighted by Crippen LogP contribution is 2.13. The third-order valence-corrected chi connectivity index (χ3v) is 3.55. The van der Waals surface area contributed by atoms with Gasteiger partial charge in [0.15, 0.2) is 0 Å². The van der Waals surface area contributed by atoms with Crippen LogP contribution in [0, 0.1) is 0 Å². The van der Waals surface area contributed by atoms with Crippen LogP contribution >= 0.6 is 24.8 Å². The molecule has 2 N–H and O–H groups in total. The number of carbonyl (C=O) groups excluding carboxylic acids is 1. The van der Waals surface area contributed by atoms with Gasteiger partial charge in [0, 0.05) is 20.1 Å². The number of halogens is 2. The van der Waals surface area contributed by atoms with E-state index in [0.29, 0.717) is 18.9 Å². The Kier molecular flexibility index (Phi) is 10.7. The van der Waals surface area contributed by atoms with E-state index >= 15 is 0 Å². The summed E-state index contributed by atoms with van der Waals surface area (Å²) in [6.07, 6.45) is 0.643. The van der Waals surface area contributed by atoms with Gasteiger partial charge in [-0.2, -0.15) is 4.68 Å². The molecule has 0 bridgehead atoms. The highest BCUT2D eigenvalue weighted by molar-refractivity contribution is 5.85. The number of benzene rings is 1. The number of aromatic nitrogens is 4. The molecule has 1 aromatic carbocycles. The number of hydrogen-bond acceptors (Lipinski definition) is 6. The summed E-state index contributed by atoms with van der Waals surface area (Å²) < 4.78 is 1.59. The van der Waals surface area contributed by atoms with Crippen LogP contribution in [0.4, 0.5) is 5.95 Å². The van der Waals surface area contributed by atoms with Crippen molar-refractivity contribution >= 4 is 36.7 Å². The van der Waals surface area contributed by atoms with Gasteiger partial charge in [-0.1, -0.05) is 30.2 Å². The fourth-order valence-electron chi connectivity index (χ4n) is 2.17. The maximum absolute atomic E-state index is 12.5. The average Bonchev–Trinajstić information content (AvgIpc) is 3.05. The van der Waals surface area contributed by atoms with Gasteiger partial charge in [0.1, 0.15) is 6.04 Å². The zero-order chi connectivity index (χ0) is 16.7. The second-order valence-corrected chi connectivity index (χ2v) is 5.22. The van der Waals surface area contributed by atoms with Gasteiger partial charge >= 0.3 is 0 Å². The van der Waals surface area contributed by atoms with Crippen LogP contribution in [0.25, 0.3) is 5.69 Å². The molecule has 1 aromatic heterocycles. The number of para-hydroxylation sites is 1. The minimum absolute atomic E-state index is 0. The maximum atomic E-state index is 12.5. The van der Waals surface area contributed by atoms with Gasteiger partial charge in [-0.15, -0.1) is 24.8 Å². The summed E-state index contributed by atoms with van der Waals surface area (Å²) in [7, 11) is 3.66. The van der Waals surface area contributed by atoms with Gasteiger partial charge in [0.05, 0.1) is 5.69 Å². The molecule has 0 saturated carbocycles. The number of anilines is 1. The predicted molar refractivity (Wildman–Crippen MR) is 103 cm³/mol. The van der Waals surface area contributed by atoms with Crippen LogP contribution < -0.4 is 10.6 Å². The lowest BCUT2D eigenvalue weighted by Gasteiger charge is -2.23. The van der Waals surface area contributed by atoms with Gasteiger partial charge in [0.25, 0.3) is 0 Å². The molecule has 140 valence electrons. The van der Waals surface area contributed by atoms with Crippen molar-refractivity contribution in [3.63, 3.8) is 0 Å². The van der Waals surface area contributed by atoms with Crippen LogP contribution in [-0.4, -0.2) is 64.2 Å². The fourth-order valence-corrected chi connectivity index (χ4v) is 2.17. The first kappa shape index (κ1) is 23.1. The number of likely N-dealkylation sites (N-methyl/N-ethyl adjacent to an activating group) is 2. The molecule has 1 atom stereocenters. The smallest absolute Gasteiger partial charge is 0.248 e. The summed E-state index contributed by atoms with van der Waals surface area (Å²) >= 11 is 0. The Hall–Kier alpha value is -1.90. The van der Waals surface area contributed by atoms with Crippen LogP contribution in [0.3, 0.4) is 0 Å². The van der Waals surface area contributed by atoms with Crippen molar-refractivity contribution in [1.82, 2.24) is 30.4 Å². The van der Waals surface area contributed by atoms with E-state index in [1.54, 1.807) is 16.6 Å². The summed E-state index contributed by atoms with van der Waals surface area (Å²) in [4.78, 5) is 14.2. The third kappa shape index (κ3) is 6.15. The molecule has 2 aromatic rings. The van der Waals surface area contributed by atoms with Crippen molar-refractivity contribution in [2.45, 2.75) is 19.4 Å². The average molecular weight is 390 g/mol. The van der Waals surface area contributed by atoms with Gasteiger partial charge in [0.2, 0.25) is 11.9 Å². The largest absolute Gasteiger partial charge is 0.343 e. The van der Waals surface area contributed by atoms with E-state index in [1.165, 1.54) is 0 Å². The molecule has 0 aliphatic heterocycles. The zero-order valence-electron chi connectivity index (χ0n) is 14.5. The van der Waals surface area contributed by atoms with Gasteiger partial charge in [-0.25, -0.2) is 0 Å². The number of nitrogens with one attached hydrogen (secondary N) is 2. The summed E-state index contributed by atoms with van der Waals surface area (Å²) in [5.41, 5.74) is 0.839. The second-order valence-electron chi connectivity index (χ2n) is 5.22. The van der Waals surface area contributed by atoms with E-state index in [0.717, 1.165) is 12.2 Å². The number of carbonyl (C=O) groups is 1. The molecule has 1 amide bonds. The molecule has 1 heterocycles. The summed E-state index contributed by atoms with van der Waals surface area (Å²) in [6, 6.07) is 9.19. The van der Waals surface area contributed by atoms with Crippen LogP contribution in [0.1, 0.15) is 13.3 Å². The van der Waals surface area contributed by atoms with Crippen LogP contribution in [0.5, 0.6) is 0 Å². The molecule has 25 heavy (non-hydrogen) atoms. The Morgan fingerprint density at radius 1 is 1.28 bits per heavy atom. The Morgan fingerprint density at radius 3 is 2.56 bits per heavy atom. The molecule has 0 aliphatic rings. The zero-order valence-corrected chi connectivity index (χ0v) is 16.2. The van der Waals surface area contributed by atoms with Crippen LogP contribution in [0.2, 0.25) is 0 Å². The molecular weight excluding hydrogens is 365 g/mol. The first-order valence-electron chi connectivity index (χ1n) is 7.67. The van der Waals surface area contributed by atoms with Crippen molar-refractivity contribution in [2.75, 3.05) is 32.5 Å². The second kappa shape index (κ2) is 11.6. The van der Waals surface area contributed by atoms with Crippen molar-refractivity contribution < 1.29 is 4.79 Å². The first-order valence-corrected chi connectivity index (χ1v) is 7.67. The van der Waals surface area contributed by atoms with Gasteiger partial charge < -0.3 is 15.5 Å². The Labute approximate surface area is 160 Å². The standard InChI is InChI=1S/C15H23N7O.2ClH/c1-4-13(14(23)21(3)11-10-16-2)17-15-18-19-20-22(15)12-8-6-5-7-9-12;;/h5-9,13,16H,4,10-11H2,1-3H3,(H,17,18,20);2*1H. The molecule has 10 heteroatoms. The van der Waals surface area contributed by atoms with Crippen molar-refractivity contribution in [3.8, 4) is 5.69 Å². The van der Waals surface area contributed by atoms with E-state index in [1.807, 2.05) is 44.3 Å². The molecule has 0 aliphatic carbocycles. The van der Waals surface area contributed by atoms with E-state index in [2.05, 4.69) is 26.2 Å². The van der Waals surface area contributed by atoms with E-state index in [4.69, 9.17) is 0 Å². The molecule has 0 saturated heterocycles. The number of nitrogens with zero attached hydrogens (tertiary/aromatic N) is 5. The minimum atomic E-state index is -0.370. The minimum Gasteiger partial charge on any atom is -0.343 e. The summed E-state index contributed by atoms with van der Waals surface area (Å²) in [5, 5.41) is 17.9. The lowest BCUT2D eigenvalue weighted by Crippen LogP contribution is -2.43. The fraction of sp³-hybridized carbons (Fsp3) is 0.467. The first-order chi connectivity index (χ1) is 11.2. The Balaban J connectivity index is 0.00000288. The quantitative estimate of drug-likeness (QED) is 0.708. The number of amides is 1. The highest BCUT2D eigenvalue weighted by atomic mass is 35.5. The molecule has 8 nitrogen and oxygen atoms in total. The van der Waals surface area contributed by atoms with Crippen molar-refractivity contribution in [1.29, 1.82) is 0 Å². The topological polar surface area (TPSA) is 88.0 Å². The lowest BCUT2D eigenvalue weighted by atomic mass is 10.2. The Bertz CT molecular complexity index is 623. The maximum Gasteiger partial charge on any atom is 0.248 e. The Morgan fingerprint density at radius 2 is 1.96 bits per heavy atom. The molecular formula is C15H25Cl2N7O. The van der Waals surface area contributed by atoms with E-state index in [9.17, 15) is 4.79 Å². The van der Waals surface area contributed by atoms with Gasteiger partial charge in [-0.3, -0.25) is 4.79 Å². The summed E-state index contributed by atoms with van der Waals surface area (Å²) in [5.74, 6) is 0.476. The third-order valence-electron chi connectivity index (χ3n) is 3.55. The molecule has 1 unspecified atom stereocenters. The highest BCUT2D eigenvalue weighted by Gasteiger charge is 2.22. The number of rotatable bonds is 8. The molecule has 0 spiro atoms. The van der Waals surface area contributed by atoms with E-state index < -0.39 is 0 Å². The van der Waals surface area contributed by atoms with Crippen LogP contribution in [-0.2, 0) is 4.79 Å². The molecule has 2 rings (SSSR count). The predicted octanol–water partition coefficient (Wildman–Crippen LogP) is 1.37. The molecule has 0 radical (unpaired) electrons. The van der Waals surface area contributed by atoms with Crippen LogP contribution in [0.15, 0.2) is 30.3 Å². The van der Waals surface area contributed by atoms with Crippen molar-refractivity contribution in [3.05, 3.63) is 30.3 Å². The SMILES string of the molecule is CCC(Nc1nnnn1-c1ccccc1)C(=O)N(C)CCNC.Cl.Cl. The summed E-state index contributed by atoms with van der Waals surface area (Å²) in [6.45, 7) is 3.36. The monoisotopic (exact) mass is 389 g/mol. The lowest BCUT2D eigenvalue weighted by molar-refractivity contribution is -0.130. The molecule has 0 fully saturated rings. The number of hydrogen-bond donors (Lipinski definition) is 2. The van der Waals surface area contributed by atoms with E-state index in [-0.39, 0.29) is 36.8 Å². The van der Waals surface area contributed by atoms with Crippen molar-refractivity contribution in [2.24, 2.45) is 0 Å². The number of tetrazole rings is 1. The van der Waals surface area contributed by atoms with Gasteiger partial charge in [-0.05, 0) is 36.0 Å².